The van der Waals surface area contributed by atoms with Crippen LogP contribution in [0, 0.1) is 0 Å². The van der Waals surface area contributed by atoms with Crippen LogP contribution in [0.25, 0.3) is 10.8 Å². The lowest BCUT2D eigenvalue weighted by Gasteiger charge is -2.19. The maximum absolute atomic E-state index is 5.93. The topological polar surface area (TPSA) is 38.0 Å². The highest BCUT2D eigenvalue weighted by Crippen LogP contribution is 2.19. The van der Waals surface area contributed by atoms with E-state index in [4.69, 9.17) is 5.73 Å². The Morgan fingerprint density at radius 2 is 1.75 bits per heavy atom. The number of rotatable bonds is 3. The molecule has 0 atom stereocenters. The first kappa shape index (κ1) is 11.0. The van der Waals surface area contributed by atoms with Gasteiger partial charge in [0.25, 0.3) is 0 Å². The Hall–Kier alpha value is -1.54. The summed E-state index contributed by atoms with van der Waals surface area (Å²) in [5, 5.41) is 5.87. The second-order valence-corrected chi connectivity index (χ2v) is 4.90. The summed E-state index contributed by atoms with van der Waals surface area (Å²) in [7, 11) is 0. The lowest BCUT2D eigenvalue weighted by Crippen LogP contribution is -2.39. The maximum atomic E-state index is 5.93. The number of hydrogen-bond donors (Lipinski definition) is 2. The molecule has 2 aromatic carbocycles. The van der Waals surface area contributed by atoms with Crippen LogP contribution < -0.4 is 11.1 Å². The van der Waals surface area contributed by atoms with Gasteiger partial charge in [0.2, 0.25) is 0 Å². The van der Waals surface area contributed by atoms with E-state index in [1.54, 1.807) is 0 Å². The molecule has 0 saturated carbocycles. The number of benzene rings is 2. The van der Waals surface area contributed by atoms with E-state index in [2.05, 4.69) is 47.8 Å². The van der Waals surface area contributed by atoms with Crippen molar-refractivity contribution in [3.05, 3.63) is 42.5 Å². The highest BCUT2D eigenvalue weighted by Gasteiger charge is 2.09. The molecule has 0 fully saturated rings. The van der Waals surface area contributed by atoms with Crippen LogP contribution in [-0.4, -0.2) is 12.1 Å². The van der Waals surface area contributed by atoms with Crippen LogP contribution in [-0.2, 0) is 0 Å². The molecule has 0 aliphatic carbocycles. The van der Waals surface area contributed by atoms with Crippen LogP contribution in [0.2, 0.25) is 0 Å². The molecule has 0 aliphatic rings. The third-order valence-electron chi connectivity index (χ3n) is 2.50. The molecule has 3 N–H and O–H groups in total. The van der Waals surface area contributed by atoms with Gasteiger partial charge >= 0.3 is 0 Å². The van der Waals surface area contributed by atoms with Crippen molar-refractivity contribution in [3.8, 4) is 0 Å². The summed E-state index contributed by atoms with van der Waals surface area (Å²) < 4.78 is 0. The summed E-state index contributed by atoms with van der Waals surface area (Å²) >= 11 is 0. The molecular formula is C14H18N2. The molecular weight excluding hydrogens is 196 g/mol. The van der Waals surface area contributed by atoms with Gasteiger partial charge in [-0.1, -0.05) is 30.3 Å². The summed E-state index contributed by atoms with van der Waals surface area (Å²) in [5.41, 5.74) is 6.87. The van der Waals surface area contributed by atoms with E-state index in [0.717, 1.165) is 12.2 Å². The Bertz CT molecular complexity index is 483. The summed E-state index contributed by atoms with van der Waals surface area (Å²) in [6.07, 6.45) is 0. The largest absolute Gasteiger partial charge is 0.383 e. The van der Waals surface area contributed by atoms with Crippen molar-refractivity contribution in [2.24, 2.45) is 5.73 Å². The highest BCUT2D eigenvalue weighted by atomic mass is 14.9. The first-order valence-corrected chi connectivity index (χ1v) is 5.56. The monoisotopic (exact) mass is 214 g/mol. The number of nitrogens with two attached hydrogens (primary N) is 1. The molecule has 0 aliphatic heterocycles. The van der Waals surface area contributed by atoms with Crippen LogP contribution in [0.15, 0.2) is 42.5 Å². The number of fused-ring (bicyclic) bond motifs is 1. The molecule has 0 spiro atoms. The zero-order valence-corrected chi connectivity index (χ0v) is 9.83. The lowest BCUT2D eigenvalue weighted by atomic mass is 10.1. The molecule has 0 unspecified atom stereocenters. The summed E-state index contributed by atoms with van der Waals surface area (Å²) in [5.74, 6) is 0. The second kappa shape index (κ2) is 4.14. The molecule has 0 amide bonds. The van der Waals surface area contributed by atoms with Gasteiger partial charge in [-0.15, -0.1) is 0 Å². The van der Waals surface area contributed by atoms with Crippen molar-refractivity contribution in [2.45, 2.75) is 19.4 Å². The van der Waals surface area contributed by atoms with Gasteiger partial charge in [0, 0.05) is 17.8 Å². The fourth-order valence-electron chi connectivity index (χ4n) is 1.63. The Labute approximate surface area is 96.5 Å². The SMILES string of the molecule is CC(C)(N)CNc1ccc2ccccc2c1. The van der Waals surface area contributed by atoms with E-state index in [0.29, 0.717) is 0 Å². The normalized spacial score (nSPS) is 11.7. The molecule has 0 radical (unpaired) electrons. The first-order valence-electron chi connectivity index (χ1n) is 5.56. The van der Waals surface area contributed by atoms with Gasteiger partial charge in [0.1, 0.15) is 0 Å². The average Bonchev–Trinajstić information content (AvgIpc) is 2.25. The van der Waals surface area contributed by atoms with E-state index in [1.165, 1.54) is 10.8 Å². The minimum Gasteiger partial charge on any atom is -0.383 e. The fourth-order valence-corrected chi connectivity index (χ4v) is 1.63. The Balaban J connectivity index is 2.20. The van der Waals surface area contributed by atoms with Crippen LogP contribution in [0.1, 0.15) is 13.8 Å². The van der Waals surface area contributed by atoms with E-state index in [-0.39, 0.29) is 5.54 Å². The highest BCUT2D eigenvalue weighted by molar-refractivity contribution is 5.85. The molecule has 0 heterocycles. The van der Waals surface area contributed by atoms with E-state index >= 15 is 0 Å². The van der Waals surface area contributed by atoms with Gasteiger partial charge in [-0.25, -0.2) is 0 Å². The van der Waals surface area contributed by atoms with Gasteiger partial charge in [-0.3, -0.25) is 0 Å². The molecule has 84 valence electrons. The van der Waals surface area contributed by atoms with Crippen LogP contribution in [0.5, 0.6) is 0 Å². The smallest absolute Gasteiger partial charge is 0.0347 e. The van der Waals surface area contributed by atoms with Crippen molar-refractivity contribution in [1.82, 2.24) is 0 Å². The summed E-state index contributed by atoms with van der Waals surface area (Å²) in [4.78, 5) is 0. The zero-order chi connectivity index (χ0) is 11.6. The van der Waals surface area contributed by atoms with Crippen LogP contribution in [0.4, 0.5) is 5.69 Å². The molecule has 2 nitrogen and oxygen atoms in total. The standard InChI is InChI=1S/C14H18N2/c1-14(2,15)10-16-13-8-7-11-5-3-4-6-12(11)9-13/h3-9,16H,10,15H2,1-2H3. The van der Waals surface area contributed by atoms with Crippen molar-refractivity contribution in [2.75, 3.05) is 11.9 Å². The molecule has 16 heavy (non-hydrogen) atoms. The Morgan fingerprint density at radius 3 is 2.44 bits per heavy atom. The molecule has 2 rings (SSSR count). The van der Waals surface area contributed by atoms with Gasteiger partial charge < -0.3 is 11.1 Å². The van der Waals surface area contributed by atoms with Crippen molar-refractivity contribution in [3.63, 3.8) is 0 Å². The third kappa shape index (κ3) is 2.74. The number of anilines is 1. The van der Waals surface area contributed by atoms with Crippen molar-refractivity contribution < 1.29 is 0 Å². The molecule has 0 bridgehead atoms. The number of nitrogens with one attached hydrogen (secondary N) is 1. The average molecular weight is 214 g/mol. The summed E-state index contributed by atoms with van der Waals surface area (Å²) in [6, 6.07) is 14.7. The minimum absolute atomic E-state index is 0.189. The Morgan fingerprint density at radius 1 is 1.06 bits per heavy atom. The lowest BCUT2D eigenvalue weighted by molar-refractivity contribution is 0.549. The van der Waals surface area contributed by atoms with Gasteiger partial charge in [0.05, 0.1) is 0 Å². The second-order valence-electron chi connectivity index (χ2n) is 4.90. The molecule has 0 aromatic heterocycles. The number of hydrogen-bond acceptors (Lipinski definition) is 2. The Kier molecular flexibility index (Phi) is 2.84. The van der Waals surface area contributed by atoms with Gasteiger partial charge in [0.15, 0.2) is 0 Å². The molecule has 2 heteroatoms. The van der Waals surface area contributed by atoms with E-state index < -0.39 is 0 Å². The van der Waals surface area contributed by atoms with E-state index in [9.17, 15) is 0 Å². The zero-order valence-electron chi connectivity index (χ0n) is 9.83. The molecule has 2 aromatic rings. The molecule has 0 saturated heterocycles. The maximum Gasteiger partial charge on any atom is 0.0347 e. The van der Waals surface area contributed by atoms with E-state index in [1.807, 2.05) is 13.8 Å². The fraction of sp³-hybridized carbons (Fsp3) is 0.286. The van der Waals surface area contributed by atoms with Crippen molar-refractivity contribution in [1.29, 1.82) is 0 Å². The third-order valence-corrected chi connectivity index (χ3v) is 2.50. The minimum atomic E-state index is -0.189. The van der Waals surface area contributed by atoms with Gasteiger partial charge in [-0.2, -0.15) is 0 Å². The first-order chi connectivity index (χ1) is 7.54. The van der Waals surface area contributed by atoms with Gasteiger partial charge in [-0.05, 0) is 36.8 Å². The van der Waals surface area contributed by atoms with Crippen LogP contribution in [0.3, 0.4) is 0 Å². The predicted octanol–water partition coefficient (Wildman–Crippen LogP) is 2.99. The van der Waals surface area contributed by atoms with Crippen LogP contribution >= 0.6 is 0 Å². The van der Waals surface area contributed by atoms with Crippen molar-refractivity contribution >= 4 is 16.5 Å². The predicted molar refractivity (Wildman–Crippen MR) is 70.7 cm³/mol. The quantitative estimate of drug-likeness (QED) is 0.824. The summed E-state index contributed by atoms with van der Waals surface area (Å²) in [6.45, 7) is 4.80.